The molecule has 160 valence electrons. The lowest BCUT2D eigenvalue weighted by Gasteiger charge is -2.23. The number of aliphatic imine (C=N–C) groups is 1. The number of hydrogen-bond donors (Lipinski definition) is 1. The van der Waals surface area contributed by atoms with E-state index in [0.29, 0.717) is 15.9 Å². The molecule has 1 aliphatic carbocycles. The van der Waals surface area contributed by atoms with E-state index in [-0.39, 0.29) is 23.6 Å². The third-order valence-electron chi connectivity index (χ3n) is 5.32. The maximum absolute atomic E-state index is 13.2. The Balaban J connectivity index is 1.51. The average molecular weight is 454 g/mol. The standard InChI is InChI=1S/C24H24ClN3O2S/c25-18-13-11-17(12-14-18)15-21-23(30)28(20-9-5-2-6-10-20)24(27-21)31-16-22(29)26-19-7-3-1-4-8-19/h2,5-6,9-15,19H,1,3-4,7-8,16H2,(H,26,29)/b21-15+. The number of benzene rings is 2. The van der Waals surface area contributed by atoms with Crippen LogP contribution in [0.3, 0.4) is 0 Å². The number of para-hydroxylation sites is 1. The first-order valence-corrected chi connectivity index (χ1v) is 11.8. The van der Waals surface area contributed by atoms with Crippen LogP contribution in [0.15, 0.2) is 65.3 Å². The first kappa shape index (κ1) is 21.7. The summed E-state index contributed by atoms with van der Waals surface area (Å²) in [6.45, 7) is 0. The summed E-state index contributed by atoms with van der Waals surface area (Å²) in [4.78, 5) is 31.8. The monoisotopic (exact) mass is 453 g/mol. The van der Waals surface area contributed by atoms with Gasteiger partial charge >= 0.3 is 0 Å². The van der Waals surface area contributed by atoms with Gasteiger partial charge in [0.25, 0.3) is 5.91 Å². The molecule has 1 saturated carbocycles. The number of thioether (sulfide) groups is 1. The van der Waals surface area contributed by atoms with Crippen molar-refractivity contribution in [3.63, 3.8) is 0 Å². The van der Waals surface area contributed by atoms with Crippen molar-refractivity contribution in [1.82, 2.24) is 5.32 Å². The molecule has 2 aromatic rings. The predicted octanol–water partition coefficient (Wildman–Crippen LogP) is 5.27. The maximum atomic E-state index is 13.2. The molecular formula is C24H24ClN3O2S. The quantitative estimate of drug-likeness (QED) is 0.627. The molecule has 0 radical (unpaired) electrons. The van der Waals surface area contributed by atoms with Crippen LogP contribution in [0.4, 0.5) is 5.69 Å². The lowest BCUT2D eigenvalue weighted by Crippen LogP contribution is -2.38. The summed E-state index contributed by atoms with van der Waals surface area (Å²) in [6.07, 6.45) is 7.40. The van der Waals surface area contributed by atoms with Crippen molar-refractivity contribution in [3.05, 3.63) is 70.9 Å². The molecule has 0 spiro atoms. The van der Waals surface area contributed by atoms with Crippen molar-refractivity contribution in [1.29, 1.82) is 0 Å². The summed E-state index contributed by atoms with van der Waals surface area (Å²) in [7, 11) is 0. The second kappa shape index (κ2) is 10.2. The van der Waals surface area contributed by atoms with Crippen LogP contribution in [-0.4, -0.2) is 28.8 Å². The molecule has 0 saturated heterocycles. The van der Waals surface area contributed by atoms with Crippen LogP contribution in [0.5, 0.6) is 0 Å². The molecule has 1 N–H and O–H groups in total. The van der Waals surface area contributed by atoms with Crippen LogP contribution in [0.1, 0.15) is 37.7 Å². The Morgan fingerprint density at radius 1 is 1.10 bits per heavy atom. The van der Waals surface area contributed by atoms with Crippen LogP contribution in [0, 0.1) is 0 Å². The van der Waals surface area contributed by atoms with Gasteiger partial charge in [-0.05, 0) is 48.7 Å². The highest BCUT2D eigenvalue weighted by Crippen LogP contribution is 2.29. The van der Waals surface area contributed by atoms with Crippen LogP contribution in [-0.2, 0) is 9.59 Å². The molecule has 1 aliphatic heterocycles. The lowest BCUT2D eigenvalue weighted by atomic mass is 9.95. The smallest absolute Gasteiger partial charge is 0.283 e. The Labute approximate surface area is 191 Å². The third kappa shape index (κ3) is 5.57. The van der Waals surface area contributed by atoms with Crippen LogP contribution in [0.2, 0.25) is 5.02 Å². The number of amidine groups is 1. The summed E-state index contributed by atoms with van der Waals surface area (Å²) in [5.74, 6) is -0.00767. The Morgan fingerprint density at radius 2 is 1.81 bits per heavy atom. The number of carbonyl (C=O) groups is 2. The van der Waals surface area contributed by atoms with Gasteiger partial charge in [0.2, 0.25) is 5.91 Å². The molecule has 1 fully saturated rings. The van der Waals surface area contributed by atoms with Crippen molar-refractivity contribution in [2.75, 3.05) is 10.7 Å². The van der Waals surface area contributed by atoms with Gasteiger partial charge in [0.1, 0.15) is 5.70 Å². The van der Waals surface area contributed by atoms with Gasteiger partial charge in [-0.25, -0.2) is 4.99 Å². The summed E-state index contributed by atoms with van der Waals surface area (Å²) in [5, 5.41) is 4.26. The molecule has 1 heterocycles. The molecule has 5 nitrogen and oxygen atoms in total. The number of anilines is 1. The molecular weight excluding hydrogens is 430 g/mol. The van der Waals surface area contributed by atoms with Crippen LogP contribution < -0.4 is 10.2 Å². The zero-order chi connectivity index (χ0) is 21.6. The topological polar surface area (TPSA) is 61.8 Å². The molecule has 2 amide bonds. The van der Waals surface area contributed by atoms with Gasteiger partial charge in [-0.3, -0.25) is 14.5 Å². The molecule has 4 rings (SSSR count). The van der Waals surface area contributed by atoms with E-state index in [1.54, 1.807) is 23.1 Å². The number of halogens is 1. The van der Waals surface area contributed by atoms with Crippen molar-refractivity contribution in [2.45, 2.75) is 38.1 Å². The number of nitrogens with zero attached hydrogens (tertiary/aromatic N) is 2. The van der Waals surface area contributed by atoms with Crippen LogP contribution >= 0.6 is 23.4 Å². The highest BCUT2D eigenvalue weighted by atomic mass is 35.5. The fourth-order valence-corrected chi connectivity index (χ4v) is 4.71. The Morgan fingerprint density at radius 3 is 2.52 bits per heavy atom. The predicted molar refractivity (Wildman–Crippen MR) is 128 cm³/mol. The normalized spacial score (nSPS) is 18.4. The number of amides is 2. The average Bonchev–Trinajstić information content (AvgIpc) is 3.10. The summed E-state index contributed by atoms with van der Waals surface area (Å²) in [5.41, 5.74) is 1.90. The molecule has 2 aliphatic rings. The van der Waals surface area contributed by atoms with E-state index < -0.39 is 0 Å². The molecule has 0 unspecified atom stereocenters. The lowest BCUT2D eigenvalue weighted by molar-refractivity contribution is -0.119. The largest absolute Gasteiger partial charge is 0.353 e. The van der Waals surface area contributed by atoms with Gasteiger partial charge in [0.05, 0.1) is 11.4 Å². The van der Waals surface area contributed by atoms with Gasteiger partial charge < -0.3 is 5.32 Å². The number of nitrogens with one attached hydrogen (secondary N) is 1. The zero-order valence-electron chi connectivity index (χ0n) is 17.1. The third-order valence-corrected chi connectivity index (χ3v) is 6.51. The molecule has 0 bridgehead atoms. The summed E-state index contributed by atoms with van der Waals surface area (Å²) < 4.78 is 0. The first-order chi connectivity index (χ1) is 15.1. The van der Waals surface area contributed by atoms with E-state index in [2.05, 4.69) is 10.3 Å². The fourth-order valence-electron chi connectivity index (χ4n) is 3.76. The van der Waals surface area contributed by atoms with Crippen molar-refractivity contribution in [3.8, 4) is 0 Å². The number of rotatable bonds is 5. The van der Waals surface area contributed by atoms with E-state index in [1.165, 1.54) is 31.0 Å². The number of hydrogen-bond acceptors (Lipinski definition) is 4. The van der Waals surface area contributed by atoms with Crippen molar-refractivity contribution < 1.29 is 9.59 Å². The zero-order valence-corrected chi connectivity index (χ0v) is 18.7. The second-order valence-corrected chi connectivity index (χ2v) is 9.02. The van der Waals surface area contributed by atoms with Gasteiger partial charge in [0, 0.05) is 11.1 Å². The Hall–Kier alpha value is -2.57. The molecule has 0 atom stereocenters. The minimum absolute atomic E-state index is 0.0183. The van der Waals surface area contributed by atoms with E-state index in [9.17, 15) is 9.59 Å². The molecule has 0 aromatic heterocycles. The molecule has 31 heavy (non-hydrogen) atoms. The summed E-state index contributed by atoms with van der Waals surface area (Å²) >= 11 is 7.24. The molecule has 2 aromatic carbocycles. The molecule has 7 heteroatoms. The Bertz CT molecular complexity index is 999. The number of carbonyl (C=O) groups excluding carboxylic acids is 2. The van der Waals surface area contributed by atoms with Crippen LogP contribution in [0.25, 0.3) is 6.08 Å². The van der Waals surface area contributed by atoms with Gasteiger partial charge in [-0.15, -0.1) is 0 Å². The minimum atomic E-state index is -0.212. The van der Waals surface area contributed by atoms with Crippen molar-refractivity contribution in [2.24, 2.45) is 4.99 Å². The fraction of sp³-hybridized carbons (Fsp3) is 0.292. The highest BCUT2D eigenvalue weighted by Gasteiger charge is 2.32. The van der Waals surface area contributed by atoms with Gasteiger partial charge in [-0.1, -0.05) is 73.0 Å². The van der Waals surface area contributed by atoms with Crippen molar-refractivity contribution >= 4 is 52.1 Å². The van der Waals surface area contributed by atoms with E-state index in [0.717, 1.165) is 24.1 Å². The van der Waals surface area contributed by atoms with E-state index >= 15 is 0 Å². The minimum Gasteiger partial charge on any atom is -0.353 e. The Kier molecular flexibility index (Phi) is 7.10. The maximum Gasteiger partial charge on any atom is 0.283 e. The second-order valence-electron chi connectivity index (χ2n) is 7.64. The SMILES string of the molecule is O=C(CSC1=N/C(=C/c2ccc(Cl)cc2)C(=O)N1c1ccccc1)NC1CCCCC1. The summed E-state index contributed by atoms with van der Waals surface area (Å²) in [6, 6.07) is 16.9. The van der Waals surface area contributed by atoms with E-state index in [1.807, 2.05) is 42.5 Å². The van der Waals surface area contributed by atoms with E-state index in [4.69, 9.17) is 11.6 Å². The van der Waals surface area contributed by atoms with Gasteiger partial charge in [-0.2, -0.15) is 0 Å². The first-order valence-electron chi connectivity index (χ1n) is 10.5. The van der Waals surface area contributed by atoms with Gasteiger partial charge in [0.15, 0.2) is 5.17 Å². The highest BCUT2D eigenvalue weighted by molar-refractivity contribution is 8.14.